The number of carbonyl (C=O) groups excluding carboxylic acids is 2. The van der Waals surface area contributed by atoms with Crippen molar-refractivity contribution in [1.82, 2.24) is 10.6 Å². The van der Waals surface area contributed by atoms with Gasteiger partial charge in [0.1, 0.15) is 48.7 Å². The molecule has 0 saturated carbocycles. The van der Waals surface area contributed by atoms with Gasteiger partial charge in [-0.05, 0) is 0 Å². The standard InChI is InChI=1S/C20H36N2O11/c1-7(2)17(28)21-11-15(27)16(10(6-24)31-19(11)30)33-20-12(22-18(29)8(3)4)14(26)13(25)9(5-23)32-20/h7-16,19-20,23-27,30H,5-6H2,1-4H3,(H,21,28)(H,22,29). The molecule has 2 aliphatic rings. The predicted octanol–water partition coefficient (Wildman–Crippen LogP) is -3.84. The molecule has 0 aromatic rings. The molecule has 0 bridgehead atoms. The molecule has 0 aromatic heterocycles. The van der Waals surface area contributed by atoms with E-state index < -0.39 is 98.2 Å². The van der Waals surface area contributed by atoms with Crippen molar-refractivity contribution in [3.63, 3.8) is 0 Å². The number of aliphatic hydroxyl groups is 6. The minimum atomic E-state index is -1.65. The Labute approximate surface area is 191 Å². The molecule has 0 spiro atoms. The third-order valence-corrected chi connectivity index (χ3v) is 5.71. The van der Waals surface area contributed by atoms with Gasteiger partial charge >= 0.3 is 0 Å². The number of amides is 2. The molecule has 2 heterocycles. The zero-order valence-corrected chi connectivity index (χ0v) is 19.1. The molecule has 2 amide bonds. The molecule has 2 saturated heterocycles. The molecule has 0 aliphatic carbocycles. The monoisotopic (exact) mass is 480 g/mol. The number of nitrogens with one attached hydrogen (secondary N) is 2. The highest BCUT2D eigenvalue weighted by Gasteiger charge is 2.51. The Morgan fingerprint density at radius 2 is 1.30 bits per heavy atom. The molecule has 33 heavy (non-hydrogen) atoms. The van der Waals surface area contributed by atoms with Crippen LogP contribution in [-0.2, 0) is 23.8 Å². The Morgan fingerprint density at radius 3 is 1.79 bits per heavy atom. The minimum absolute atomic E-state index is 0.460. The topological polar surface area (TPSA) is 207 Å². The van der Waals surface area contributed by atoms with E-state index in [2.05, 4.69) is 10.6 Å². The van der Waals surface area contributed by atoms with Gasteiger partial charge in [-0.1, -0.05) is 27.7 Å². The first-order valence-electron chi connectivity index (χ1n) is 10.9. The number of hydrogen-bond acceptors (Lipinski definition) is 11. The summed E-state index contributed by atoms with van der Waals surface area (Å²) in [6, 6.07) is -2.62. The van der Waals surface area contributed by atoms with Crippen molar-refractivity contribution < 1.29 is 54.4 Å². The summed E-state index contributed by atoms with van der Waals surface area (Å²) in [5.74, 6) is -1.90. The Kier molecular flexibility index (Phi) is 9.96. The van der Waals surface area contributed by atoms with Gasteiger partial charge in [-0.15, -0.1) is 0 Å². The van der Waals surface area contributed by atoms with Gasteiger partial charge < -0.3 is 55.5 Å². The number of hydrogen-bond donors (Lipinski definition) is 8. The minimum Gasteiger partial charge on any atom is -0.394 e. The number of ether oxygens (including phenoxy) is 3. The van der Waals surface area contributed by atoms with E-state index in [1.165, 1.54) is 0 Å². The van der Waals surface area contributed by atoms with Crippen LogP contribution in [0, 0.1) is 11.8 Å². The first-order valence-corrected chi connectivity index (χ1v) is 10.9. The second kappa shape index (κ2) is 11.8. The van der Waals surface area contributed by atoms with Gasteiger partial charge in [0.15, 0.2) is 12.6 Å². The fourth-order valence-electron chi connectivity index (χ4n) is 3.57. The molecule has 0 radical (unpaired) electrons. The van der Waals surface area contributed by atoms with Gasteiger partial charge in [0.2, 0.25) is 11.8 Å². The van der Waals surface area contributed by atoms with Crippen LogP contribution < -0.4 is 10.6 Å². The first-order chi connectivity index (χ1) is 15.4. The number of rotatable bonds is 8. The van der Waals surface area contributed by atoms with Crippen LogP contribution in [0.1, 0.15) is 27.7 Å². The summed E-state index contributed by atoms with van der Waals surface area (Å²) in [5.41, 5.74) is 0. The molecule has 0 aromatic carbocycles. The molecule has 8 N–H and O–H groups in total. The molecule has 2 fully saturated rings. The average Bonchev–Trinajstić information content (AvgIpc) is 2.76. The van der Waals surface area contributed by atoms with Crippen molar-refractivity contribution in [2.24, 2.45) is 11.8 Å². The molecule has 13 nitrogen and oxygen atoms in total. The van der Waals surface area contributed by atoms with Crippen LogP contribution in [0.4, 0.5) is 0 Å². The maximum atomic E-state index is 12.3. The summed E-state index contributed by atoms with van der Waals surface area (Å²) in [7, 11) is 0. The normalized spacial score (nSPS) is 39.5. The van der Waals surface area contributed by atoms with Crippen LogP contribution >= 0.6 is 0 Å². The summed E-state index contributed by atoms with van der Waals surface area (Å²) >= 11 is 0. The highest BCUT2D eigenvalue weighted by Crippen LogP contribution is 2.29. The van der Waals surface area contributed by atoms with Gasteiger partial charge in [-0.25, -0.2) is 0 Å². The van der Waals surface area contributed by atoms with Crippen molar-refractivity contribution in [3.8, 4) is 0 Å². The Bertz CT molecular complexity index is 664. The van der Waals surface area contributed by atoms with Gasteiger partial charge in [-0.2, -0.15) is 0 Å². The zero-order chi connectivity index (χ0) is 25.0. The van der Waals surface area contributed by atoms with E-state index in [0.717, 1.165) is 0 Å². The van der Waals surface area contributed by atoms with Gasteiger partial charge in [-0.3, -0.25) is 9.59 Å². The smallest absolute Gasteiger partial charge is 0.223 e. The summed E-state index contributed by atoms with van der Waals surface area (Å²) in [6.07, 6.45) is -11.8. The summed E-state index contributed by atoms with van der Waals surface area (Å²) in [5, 5.41) is 66.1. The lowest BCUT2D eigenvalue weighted by Crippen LogP contribution is -2.69. The summed E-state index contributed by atoms with van der Waals surface area (Å²) in [6.45, 7) is 5.08. The Balaban J connectivity index is 2.29. The number of carbonyl (C=O) groups is 2. The van der Waals surface area contributed by atoms with E-state index in [1.54, 1.807) is 27.7 Å². The van der Waals surface area contributed by atoms with Gasteiger partial charge in [0, 0.05) is 11.8 Å². The molecule has 2 rings (SSSR count). The SMILES string of the molecule is CC(C)C(=O)NC1C(O)OC(CO)C(OC2OC(CO)C(O)C(O)C2NC(=O)C(C)C)C1O. The maximum absolute atomic E-state index is 12.3. The number of aliphatic hydroxyl groups excluding tert-OH is 6. The molecular weight excluding hydrogens is 444 g/mol. The molecule has 2 aliphatic heterocycles. The third kappa shape index (κ3) is 6.38. The predicted molar refractivity (Wildman–Crippen MR) is 110 cm³/mol. The molecule has 10 atom stereocenters. The van der Waals surface area contributed by atoms with Crippen LogP contribution in [0.25, 0.3) is 0 Å². The fourth-order valence-corrected chi connectivity index (χ4v) is 3.57. The van der Waals surface area contributed by atoms with E-state index in [-0.39, 0.29) is 0 Å². The van der Waals surface area contributed by atoms with E-state index in [0.29, 0.717) is 0 Å². The molecule has 192 valence electrons. The Hall–Kier alpha value is -1.42. The van der Waals surface area contributed by atoms with Crippen LogP contribution in [0.2, 0.25) is 0 Å². The van der Waals surface area contributed by atoms with Crippen LogP contribution in [0.3, 0.4) is 0 Å². The molecule has 10 unspecified atom stereocenters. The quantitative estimate of drug-likeness (QED) is 0.169. The van der Waals surface area contributed by atoms with Crippen LogP contribution in [0.5, 0.6) is 0 Å². The van der Waals surface area contributed by atoms with Crippen LogP contribution in [-0.4, -0.2) is 117 Å². The highest BCUT2D eigenvalue weighted by molar-refractivity contribution is 5.78. The lowest BCUT2D eigenvalue weighted by atomic mass is 9.94. The van der Waals surface area contributed by atoms with E-state index >= 15 is 0 Å². The zero-order valence-electron chi connectivity index (χ0n) is 19.1. The van der Waals surface area contributed by atoms with E-state index in [4.69, 9.17) is 14.2 Å². The lowest BCUT2D eigenvalue weighted by molar-refractivity contribution is -0.327. The largest absolute Gasteiger partial charge is 0.394 e. The first kappa shape index (κ1) is 27.8. The van der Waals surface area contributed by atoms with Gasteiger partial charge in [0.05, 0.1) is 13.2 Å². The summed E-state index contributed by atoms with van der Waals surface area (Å²) < 4.78 is 16.6. The molecule has 13 heteroatoms. The fraction of sp³-hybridized carbons (Fsp3) is 0.900. The van der Waals surface area contributed by atoms with E-state index in [1.807, 2.05) is 0 Å². The van der Waals surface area contributed by atoms with Crippen molar-refractivity contribution in [2.75, 3.05) is 13.2 Å². The average molecular weight is 481 g/mol. The molecular formula is C20H36N2O11. The van der Waals surface area contributed by atoms with Crippen LogP contribution in [0.15, 0.2) is 0 Å². The van der Waals surface area contributed by atoms with Crippen molar-refractivity contribution in [3.05, 3.63) is 0 Å². The summed E-state index contributed by atoms with van der Waals surface area (Å²) in [4.78, 5) is 24.4. The van der Waals surface area contributed by atoms with Gasteiger partial charge in [0.25, 0.3) is 0 Å². The van der Waals surface area contributed by atoms with Crippen molar-refractivity contribution in [2.45, 2.75) is 89.0 Å². The second-order valence-corrected chi connectivity index (χ2v) is 8.92. The third-order valence-electron chi connectivity index (χ3n) is 5.71. The highest BCUT2D eigenvalue weighted by atomic mass is 16.7. The van der Waals surface area contributed by atoms with E-state index in [9.17, 15) is 40.2 Å². The Morgan fingerprint density at radius 1 is 0.788 bits per heavy atom. The lowest BCUT2D eigenvalue weighted by Gasteiger charge is -2.47. The van der Waals surface area contributed by atoms with Crippen molar-refractivity contribution in [1.29, 1.82) is 0 Å². The maximum Gasteiger partial charge on any atom is 0.223 e. The van der Waals surface area contributed by atoms with Crippen molar-refractivity contribution >= 4 is 11.8 Å². The second-order valence-electron chi connectivity index (χ2n) is 8.92.